The molecule has 2 rings (SSSR count). The molecule has 0 bridgehead atoms. The SMILES string of the molecule is CN(CCCN)Cc1csc(-c2ccsc2)n1. The monoisotopic (exact) mass is 267 g/mol. The predicted octanol–water partition coefficient (Wildman–Crippen LogP) is 2.65. The van der Waals surface area contributed by atoms with Crippen molar-refractivity contribution in [3.05, 3.63) is 27.9 Å². The molecule has 0 amide bonds. The summed E-state index contributed by atoms with van der Waals surface area (Å²) in [6.07, 6.45) is 1.04. The van der Waals surface area contributed by atoms with Crippen molar-refractivity contribution in [3.8, 4) is 10.6 Å². The third-order valence-corrected chi connectivity index (χ3v) is 4.12. The van der Waals surface area contributed by atoms with E-state index in [0.717, 1.165) is 36.8 Å². The van der Waals surface area contributed by atoms with Crippen molar-refractivity contribution in [2.45, 2.75) is 13.0 Å². The molecule has 2 heterocycles. The van der Waals surface area contributed by atoms with E-state index < -0.39 is 0 Å². The molecule has 2 aromatic rings. The van der Waals surface area contributed by atoms with Crippen LogP contribution in [-0.2, 0) is 6.54 Å². The first kappa shape index (κ1) is 12.7. The zero-order chi connectivity index (χ0) is 12.1. The summed E-state index contributed by atoms with van der Waals surface area (Å²) in [5.41, 5.74) is 7.88. The van der Waals surface area contributed by atoms with Crippen LogP contribution in [0.5, 0.6) is 0 Å². The molecule has 0 radical (unpaired) electrons. The smallest absolute Gasteiger partial charge is 0.124 e. The van der Waals surface area contributed by atoms with Gasteiger partial charge in [-0.25, -0.2) is 4.98 Å². The Kier molecular flexibility index (Phi) is 4.67. The molecule has 92 valence electrons. The van der Waals surface area contributed by atoms with Crippen LogP contribution in [0.3, 0.4) is 0 Å². The molecule has 0 unspecified atom stereocenters. The second-order valence-electron chi connectivity index (χ2n) is 4.04. The fourth-order valence-electron chi connectivity index (χ4n) is 1.62. The molecule has 0 aliphatic rings. The molecular formula is C12H17N3S2. The molecule has 0 atom stereocenters. The van der Waals surface area contributed by atoms with E-state index in [1.165, 1.54) is 5.56 Å². The number of nitrogens with two attached hydrogens (primary N) is 1. The number of hydrogen-bond donors (Lipinski definition) is 1. The first-order valence-corrected chi connectivity index (χ1v) is 7.47. The van der Waals surface area contributed by atoms with Gasteiger partial charge >= 0.3 is 0 Å². The first-order chi connectivity index (χ1) is 8.29. The third kappa shape index (κ3) is 3.61. The van der Waals surface area contributed by atoms with Crippen LogP contribution in [0.15, 0.2) is 22.2 Å². The van der Waals surface area contributed by atoms with E-state index in [4.69, 9.17) is 5.73 Å². The average molecular weight is 267 g/mol. The Morgan fingerprint density at radius 3 is 3.00 bits per heavy atom. The molecule has 0 spiro atoms. The number of rotatable bonds is 6. The molecule has 2 aromatic heterocycles. The second-order valence-corrected chi connectivity index (χ2v) is 5.67. The summed E-state index contributed by atoms with van der Waals surface area (Å²) < 4.78 is 0. The lowest BCUT2D eigenvalue weighted by atomic mass is 10.3. The summed E-state index contributed by atoms with van der Waals surface area (Å²) in [5.74, 6) is 0. The second kappa shape index (κ2) is 6.26. The van der Waals surface area contributed by atoms with Gasteiger partial charge in [0.15, 0.2) is 0 Å². The van der Waals surface area contributed by atoms with E-state index in [1.54, 1.807) is 22.7 Å². The Hall–Kier alpha value is -0.750. The lowest BCUT2D eigenvalue weighted by Crippen LogP contribution is -2.21. The molecule has 0 saturated carbocycles. The molecule has 3 nitrogen and oxygen atoms in total. The molecule has 5 heteroatoms. The maximum atomic E-state index is 5.50. The van der Waals surface area contributed by atoms with Gasteiger partial charge in [-0.2, -0.15) is 11.3 Å². The van der Waals surface area contributed by atoms with Gasteiger partial charge in [0.1, 0.15) is 5.01 Å². The van der Waals surface area contributed by atoms with Gasteiger partial charge in [-0.1, -0.05) is 0 Å². The van der Waals surface area contributed by atoms with Crippen molar-refractivity contribution in [1.29, 1.82) is 0 Å². The minimum Gasteiger partial charge on any atom is -0.330 e. The molecule has 17 heavy (non-hydrogen) atoms. The standard InChI is InChI=1S/C12H17N3S2/c1-15(5-2-4-13)7-11-9-17-12(14-11)10-3-6-16-8-10/h3,6,8-9H,2,4-5,7,13H2,1H3. The lowest BCUT2D eigenvalue weighted by Gasteiger charge is -2.13. The van der Waals surface area contributed by atoms with Gasteiger partial charge in [0.05, 0.1) is 5.69 Å². The zero-order valence-corrected chi connectivity index (χ0v) is 11.6. The van der Waals surface area contributed by atoms with Crippen LogP contribution < -0.4 is 5.73 Å². The van der Waals surface area contributed by atoms with Crippen molar-refractivity contribution in [2.24, 2.45) is 5.73 Å². The van der Waals surface area contributed by atoms with Crippen molar-refractivity contribution >= 4 is 22.7 Å². The highest BCUT2D eigenvalue weighted by molar-refractivity contribution is 7.14. The van der Waals surface area contributed by atoms with Gasteiger partial charge in [0.25, 0.3) is 0 Å². The quantitative estimate of drug-likeness (QED) is 0.875. The van der Waals surface area contributed by atoms with Gasteiger partial charge in [-0.05, 0) is 38.0 Å². The lowest BCUT2D eigenvalue weighted by molar-refractivity contribution is 0.321. The number of thiophene rings is 1. The van der Waals surface area contributed by atoms with Gasteiger partial charge in [0.2, 0.25) is 0 Å². The summed E-state index contributed by atoms with van der Waals surface area (Å²) in [4.78, 5) is 6.92. The van der Waals surface area contributed by atoms with Crippen LogP contribution in [-0.4, -0.2) is 30.0 Å². The number of aromatic nitrogens is 1. The van der Waals surface area contributed by atoms with Crippen LogP contribution in [0.2, 0.25) is 0 Å². The molecule has 0 aliphatic heterocycles. The number of thiazole rings is 1. The first-order valence-electron chi connectivity index (χ1n) is 5.65. The summed E-state index contributed by atoms with van der Waals surface area (Å²) in [7, 11) is 2.11. The van der Waals surface area contributed by atoms with Gasteiger partial charge in [-0.3, -0.25) is 0 Å². The molecule has 2 N–H and O–H groups in total. The topological polar surface area (TPSA) is 42.1 Å². The average Bonchev–Trinajstić information content (AvgIpc) is 2.95. The summed E-state index contributed by atoms with van der Waals surface area (Å²) in [6.45, 7) is 2.68. The highest BCUT2D eigenvalue weighted by Gasteiger charge is 2.07. The highest BCUT2D eigenvalue weighted by Crippen LogP contribution is 2.25. The van der Waals surface area contributed by atoms with E-state index in [9.17, 15) is 0 Å². The summed E-state index contributed by atoms with van der Waals surface area (Å²) >= 11 is 3.43. The van der Waals surface area contributed by atoms with Crippen LogP contribution >= 0.6 is 22.7 Å². The van der Waals surface area contributed by atoms with E-state index in [0.29, 0.717) is 0 Å². The van der Waals surface area contributed by atoms with Gasteiger partial charge < -0.3 is 10.6 Å². The Bertz CT molecular complexity index is 436. The highest BCUT2D eigenvalue weighted by atomic mass is 32.1. The molecular weight excluding hydrogens is 250 g/mol. The molecule has 0 aromatic carbocycles. The largest absolute Gasteiger partial charge is 0.330 e. The number of hydrogen-bond acceptors (Lipinski definition) is 5. The van der Waals surface area contributed by atoms with Crippen molar-refractivity contribution in [2.75, 3.05) is 20.1 Å². The Balaban J connectivity index is 1.94. The maximum Gasteiger partial charge on any atom is 0.124 e. The summed E-state index contributed by atoms with van der Waals surface area (Å²) in [6, 6.07) is 2.12. The fraction of sp³-hybridized carbons (Fsp3) is 0.417. The Labute approximate surface area is 110 Å². The molecule has 0 aliphatic carbocycles. The van der Waals surface area contributed by atoms with E-state index in [-0.39, 0.29) is 0 Å². The van der Waals surface area contributed by atoms with Crippen LogP contribution in [0.4, 0.5) is 0 Å². The van der Waals surface area contributed by atoms with Crippen LogP contribution in [0.1, 0.15) is 12.1 Å². The van der Waals surface area contributed by atoms with Crippen LogP contribution in [0, 0.1) is 0 Å². The predicted molar refractivity (Wildman–Crippen MR) is 75.4 cm³/mol. The van der Waals surface area contributed by atoms with Crippen molar-refractivity contribution in [1.82, 2.24) is 9.88 Å². The van der Waals surface area contributed by atoms with Crippen molar-refractivity contribution < 1.29 is 0 Å². The van der Waals surface area contributed by atoms with Gasteiger partial charge in [-0.15, -0.1) is 11.3 Å². The minimum absolute atomic E-state index is 0.752. The van der Waals surface area contributed by atoms with E-state index in [2.05, 4.69) is 39.1 Å². The maximum absolute atomic E-state index is 5.50. The van der Waals surface area contributed by atoms with Crippen LogP contribution in [0.25, 0.3) is 10.6 Å². The molecule has 0 saturated heterocycles. The van der Waals surface area contributed by atoms with Crippen molar-refractivity contribution in [3.63, 3.8) is 0 Å². The Morgan fingerprint density at radius 2 is 2.29 bits per heavy atom. The Morgan fingerprint density at radius 1 is 1.41 bits per heavy atom. The minimum atomic E-state index is 0.752. The summed E-state index contributed by atoms with van der Waals surface area (Å²) in [5, 5.41) is 7.49. The molecule has 0 fully saturated rings. The third-order valence-electron chi connectivity index (χ3n) is 2.50. The number of nitrogens with zero attached hydrogens (tertiary/aromatic N) is 2. The van der Waals surface area contributed by atoms with E-state index >= 15 is 0 Å². The van der Waals surface area contributed by atoms with Gasteiger partial charge in [0, 0.05) is 22.9 Å². The zero-order valence-electron chi connectivity index (χ0n) is 9.93. The van der Waals surface area contributed by atoms with E-state index in [1.807, 2.05) is 0 Å². The normalized spacial score (nSPS) is 11.2. The fourth-order valence-corrected chi connectivity index (χ4v) is 3.14.